The number of allylic oxidation sites excluding steroid dienone is 1. The van der Waals surface area contributed by atoms with E-state index in [0.29, 0.717) is 31.9 Å². The molecule has 0 fully saturated rings. The number of carbonyl (C=O) groups is 1. The van der Waals surface area contributed by atoms with Crippen LogP contribution in [-0.2, 0) is 4.79 Å². The fourth-order valence-electron chi connectivity index (χ4n) is 4.14. The molecule has 1 aliphatic rings. The van der Waals surface area contributed by atoms with Crippen LogP contribution in [0.3, 0.4) is 0 Å². The predicted molar refractivity (Wildman–Crippen MR) is 138 cm³/mol. The van der Waals surface area contributed by atoms with Crippen LogP contribution in [0, 0.1) is 5.82 Å². The number of thiazole rings is 1. The van der Waals surface area contributed by atoms with Crippen LogP contribution >= 0.6 is 11.3 Å². The number of aromatic nitrogens is 1. The van der Waals surface area contributed by atoms with Crippen molar-refractivity contribution in [2.45, 2.75) is 13.0 Å². The lowest BCUT2D eigenvalue weighted by molar-refractivity contribution is -0.113. The molecular formula is C28H22FN3O3S. The number of hydrogen-bond donors (Lipinski definition) is 1. The highest BCUT2D eigenvalue weighted by molar-refractivity contribution is 7.07. The van der Waals surface area contributed by atoms with Gasteiger partial charge in [0.1, 0.15) is 11.6 Å². The van der Waals surface area contributed by atoms with Crippen molar-refractivity contribution >= 4 is 29.0 Å². The average molecular weight is 500 g/mol. The lowest BCUT2D eigenvalue weighted by atomic mass is 9.95. The summed E-state index contributed by atoms with van der Waals surface area (Å²) < 4.78 is 21.0. The molecule has 0 radical (unpaired) electrons. The number of ether oxygens (including phenoxy) is 1. The zero-order valence-corrected chi connectivity index (χ0v) is 20.4. The van der Waals surface area contributed by atoms with Gasteiger partial charge in [-0.15, -0.1) is 0 Å². The van der Waals surface area contributed by atoms with Crippen molar-refractivity contribution in [2.24, 2.45) is 4.99 Å². The third-order valence-corrected chi connectivity index (χ3v) is 6.88. The van der Waals surface area contributed by atoms with Gasteiger partial charge in [0.05, 0.1) is 29.0 Å². The predicted octanol–water partition coefficient (Wildman–Crippen LogP) is 4.02. The number of halogens is 1. The van der Waals surface area contributed by atoms with E-state index in [1.807, 2.05) is 42.5 Å². The topological polar surface area (TPSA) is 72.7 Å². The van der Waals surface area contributed by atoms with Crippen LogP contribution in [-0.4, -0.2) is 17.6 Å². The molecule has 0 aliphatic carbocycles. The summed E-state index contributed by atoms with van der Waals surface area (Å²) in [6, 6.07) is 21.5. The highest BCUT2D eigenvalue weighted by atomic mass is 32.1. The van der Waals surface area contributed by atoms with Crippen molar-refractivity contribution < 1.29 is 13.9 Å². The number of anilines is 1. The van der Waals surface area contributed by atoms with E-state index in [1.165, 1.54) is 28.0 Å². The molecule has 0 saturated heterocycles. The van der Waals surface area contributed by atoms with Crippen LogP contribution in [0.25, 0.3) is 6.08 Å². The first-order valence-corrected chi connectivity index (χ1v) is 12.0. The summed E-state index contributed by atoms with van der Waals surface area (Å²) in [5.41, 5.74) is 2.61. The second-order valence-electron chi connectivity index (χ2n) is 8.23. The molecule has 5 rings (SSSR count). The van der Waals surface area contributed by atoms with Gasteiger partial charge in [-0.2, -0.15) is 0 Å². The molecular weight excluding hydrogens is 477 g/mol. The standard InChI is InChI=1S/C28H22FN3O3S/c1-17-24(26(33)31-21-6-4-3-5-7-21)25(19-10-12-20(29)13-11-19)32-27(34)23(36-28(32)30-17)16-18-8-14-22(35-2)15-9-18/h3-16,25H,1-2H3,(H,31,33)/b23-16+. The monoisotopic (exact) mass is 499 g/mol. The summed E-state index contributed by atoms with van der Waals surface area (Å²) in [6.07, 6.45) is 1.79. The smallest absolute Gasteiger partial charge is 0.271 e. The minimum absolute atomic E-state index is 0.276. The molecule has 180 valence electrons. The summed E-state index contributed by atoms with van der Waals surface area (Å²) in [4.78, 5) is 32.2. The van der Waals surface area contributed by atoms with E-state index in [-0.39, 0.29) is 11.5 Å². The molecule has 8 heteroatoms. The van der Waals surface area contributed by atoms with E-state index in [1.54, 1.807) is 44.4 Å². The van der Waals surface area contributed by atoms with Crippen LogP contribution in [0.4, 0.5) is 10.1 Å². The first-order valence-electron chi connectivity index (χ1n) is 11.2. The lowest BCUT2D eigenvalue weighted by Gasteiger charge is -2.25. The van der Waals surface area contributed by atoms with E-state index in [2.05, 4.69) is 10.3 Å². The van der Waals surface area contributed by atoms with Crippen molar-refractivity contribution in [3.63, 3.8) is 0 Å². The molecule has 0 spiro atoms. The number of para-hydroxylation sites is 1. The molecule has 4 aromatic rings. The zero-order valence-electron chi connectivity index (χ0n) is 19.6. The number of fused-ring (bicyclic) bond motifs is 1. The summed E-state index contributed by atoms with van der Waals surface area (Å²) in [5.74, 6) is -0.0579. The van der Waals surface area contributed by atoms with E-state index in [4.69, 9.17) is 4.74 Å². The molecule has 1 N–H and O–H groups in total. The van der Waals surface area contributed by atoms with Gasteiger partial charge in [-0.25, -0.2) is 9.38 Å². The third-order valence-electron chi connectivity index (χ3n) is 5.90. The fourth-order valence-corrected chi connectivity index (χ4v) is 5.19. The number of methoxy groups -OCH3 is 1. The summed E-state index contributed by atoms with van der Waals surface area (Å²) in [5, 5.41) is 2.90. The maximum atomic E-state index is 13.8. The highest BCUT2D eigenvalue weighted by Gasteiger charge is 2.32. The van der Waals surface area contributed by atoms with Gasteiger partial charge in [0.25, 0.3) is 11.5 Å². The number of nitrogens with zero attached hydrogens (tertiary/aromatic N) is 2. The van der Waals surface area contributed by atoms with E-state index in [0.717, 1.165) is 11.3 Å². The van der Waals surface area contributed by atoms with Crippen molar-refractivity contribution in [3.8, 4) is 5.75 Å². The molecule has 3 aromatic carbocycles. The first kappa shape index (κ1) is 23.4. The van der Waals surface area contributed by atoms with Crippen molar-refractivity contribution in [1.29, 1.82) is 0 Å². The van der Waals surface area contributed by atoms with Crippen LogP contribution in [0.1, 0.15) is 24.1 Å². The lowest BCUT2D eigenvalue weighted by Crippen LogP contribution is -2.40. The van der Waals surface area contributed by atoms with Crippen LogP contribution in [0.15, 0.2) is 99.9 Å². The number of nitrogens with one attached hydrogen (secondary N) is 1. The number of benzene rings is 3. The highest BCUT2D eigenvalue weighted by Crippen LogP contribution is 2.31. The summed E-state index contributed by atoms with van der Waals surface area (Å²) in [7, 11) is 1.59. The first-order chi connectivity index (χ1) is 17.4. The van der Waals surface area contributed by atoms with Gasteiger partial charge >= 0.3 is 0 Å². The van der Waals surface area contributed by atoms with Crippen molar-refractivity contribution in [1.82, 2.24) is 4.57 Å². The van der Waals surface area contributed by atoms with Gasteiger partial charge in [0, 0.05) is 5.69 Å². The average Bonchev–Trinajstić information content (AvgIpc) is 3.19. The van der Waals surface area contributed by atoms with E-state index in [9.17, 15) is 14.0 Å². The fraction of sp³-hybridized carbons (Fsp3) is 0.107. The van der Waals surface area contributed by atoms with Crippen LogP contribution < -0.4 is 24.9 Å². The minimum atomic E-state index is -0.761. The molecule has 0 bridgehead atoms. The molecule has 1 aliphatic heterocycles. The molecule has 2 heterocycles. The molecule has 1 amide bonds. The molecule has 1 atom stereocenters. The second-order valence-corrected chi connectivity index (χ2v) is 9.24. The molecule has 1 aromatic heterocycles. The Kier molecular flexibility index (Phi) is 6.35. The second kappa shape index (κ2) is 9.75. The molecule has 36 heavy (non-hydrogen) atoms. The molecule has 1 unspecified atom stereocenters. The number of rotatable bonds is 5. The number of amides is 1. The van der Waals surface area contributed by atoms with Crippen molar-refractivity contribution in [2.75, 3.05) is 12.4 Å². The van der Waals surface area contributed by atoms with Crippen molar-refractivity contribution in [3.05, 3.63) is 127 Å². The summed E-state index contributed by atoms with van der Waals surface area (Å²) in [6.45, 7) is 1.75. The maximum absolute atomic E-state index is 13.8. The van der Waals surface area contributed by atoms with Gasteiger partial charge in [0.2, 0.25) is 0 Å². The van der Waals surface area contributed by atoms with E-state index >= 15 is 0 Å². The maximum Gasteiger partial charge on any atom is 0.271 e. The minimum Gasteiger partial charge on any atom is -0.497 e. The van der Waals surface area contributed by atoms with E-state index < -0.39 is 11.9 Å². The van der Waals surface area contributed by atoms with Gasteiger partial charge in [-0.3, -0.25) is 14.2 Å². The van der Waals surface area contributed by atoms with Gasteiger partial charge in [-0.1, -0.05) is 53.8 Å². The molecule has 6 nitrogen and oxygen atoms in total. The van der Waals surface area contributed by atoms with Crippen LogP contribution in [0.2, 0.25) is 0 Å². The Morgan fingerprint density at radius 1 is 1.06 bits per heavy atom. The SMILES string of the molecule is COc1ccc(/C=c2/sc3n(c2=O)C(c2ccc(F)cc2)C(C(=O)Nc2ccccc2)=C(C)N=3)cc1. The zero-order chi connectivity index (χ0) is 25.2. The van der Waals surface area contributed by atoms with Gasteiger partial charge < -0.3 is 10.1 Å². The van der Waals surface area contributed by atoms with Gasteiger partial charge in [-0.05, 0) is 60.5 Å². The third kappa shape index (κ3) is 4.50. The Morgan fingerprint density at radius 2 is 1.75 bits per heavy atom. The molecule has 0 saturated carbocycles. The largest absolute Gasteiger partial charge is 0.497 e. The Balaban J connectivity index is 1.65. The Labute approximate surface area is 210 Å². The Hall–Kier alpha value is -4.30. The normalized spacial score (nSPS) is 15.3. The van der Waals surface area contributed by atoms with Crippen LogP contribution in [0.5, 0.6) is 5.75 Å². The number of carbonyl (C=O) groups excluding carboxylic acids is 1. The Morgan fingerprint density at radius 3 is 2.42 bits per heavy atom. The van der Waals surface area contributed by atoms with Gasteiger partial charge in [0.15, 0.2) is 4.80 Å². The summed E-state index contributed by atoms with van der Waals surface area (Å²) >= 11 is 1.25. The quantitative estimate of drug-likeness (QED) is 0.451. The number of hydrogen-bond acceptors (Lipinski definition) is 5. The Bertz CT molecular complexity index is 1640.